The van der Waals surface area contributed by atoms with Crippen LogP contribution in [0.5, 0.6) is 0 Å². The number of carbonyl (C=O) groups is 4. The van der Waals surface area contributed by atoms with Crippen LogP contribution < -0.4 is 38.1 Å². The summed E-state index contributed by atoms with van der Waals surface area (Å²) in [6, 6.07) is 29.2. The van der Waals surface area contributed by atoms with Crippen molar-refractivity contribution in [1.29, 1.82) is 0 Å². The van der Waals surface area contributed by atoms with Crippen LogP contribution in [0.2, 0.25) is 20.1 Å². The van der Waals surface area contributed by atoms with E-state index in [2.05, 4.69) is 26.6 Å². The molecule has 8 amide bonds. The molecule has 0 aliphatic rings. The molecule has 11 N–H and O–H groups in total. The molecule has 2 atom stereocenters. The van der Waals surface area contributed by atoms with Gasteiger partial charge < -0.3 is 58.1 Å². The number of amides is 8. The van der Waals surface area contributed by atoms with Crippen LogP contribution >= 0.6 is 46.4 Å². The minimum absolute atomic E-state index is 0.0611. The molecule has 15 nitrogen and oxygen atoms in total. The summed E-state index contributed by atoms with van der Waals surface area (Å²) in [6.45, 7) is 8.70. The minimum Gasteiger partial charge on any atom is -0.387 e. The first kappa shape index (κ1) is 52.8. The van der Waals surface area contributed by atoms with Gasteiger partial charge in [0.15, 0.2) is 0 Å². The zero-order valence-corrected chi connectivity index (χ0v) is 39.8. The molecule has 352 valence electrons. The fourth-order valence-corrected chi connectivity index (χ4v) is 6.77. The lowest BCUT2D eigenvalue weighted by molar-refractivity contribution is 0.113. The lowest BCUT2D eigenvalue weighted by atomic mass is 10.1. The average Bonchev–Trinajstić information content (AvgIpc) is 3.28. The molecule has 0 heterocycles. The molecule has 0 saturated carbocycles. The number of nitrogens with two attached hydrogens (primary N) is 2. The number of nitrogens with one attached hydrogen (secondary N) is 5. The van der Waals surface area contributed by atoms with Crippen LogP contribution in [0.4, 0.5) is 36.2 Å². The van der Waals surface area contributed by atoms with E-state index in [9.17, 15) is 29.4 Å². The number of aliphatic hydroxyl groups is 2. The standard InChI is InChI=1S/C28H32Cl2N6O4.C19H23Cl2N3O2/c1-17(2)36(16-25(37)20-7-12-23(29)24(30)13-20)28(40)35-22-10-5-19(6-11-22)15-33-27(39)34-21-8-3-18(4-9-21)14-32-26(31)38;1-12(2)24(11-18(25)14-5-8-16(20)17(21)9-14)19(26)23-15-6-3-13(10-22)4-7-15/h3-13,17,25,37H,14-16H2,1-2H3,(H,35,40)(H3,31,32,38)(H2,33,34,39);3-9,12,18,25H,10-11,22H2,1-2H3,(H,23,26). The molecule has 19 heteroatoms. The molecular weight excluding hydrogens is 928 g/mol. The third-order valence-corrected chi connectivity index (χ3v) is 11.4. The van der Waals surface area contributed by atoms with Crippen molar-refractivity contribution < 1.29 is 29.4 Å². The van der Waals surface area contributed by atoms with Crippen LogP contribution in [-0.4, -0.2) is 69.3 Å². The SMILES string of the molecule is CC(C)N(CC(O)c1ccc(Cl)c(Cl)c1)C(=O)Nc1ccc(CN)cc1.CC(C)N(CC(O)c1ccc(Cl)c(Cl)c1)C(=O)Nc1ccc(CNC(=O)Nc2ccc(CNC(N)=O)cc2)cc1. The van der Waals surface area contributed by atoms with Crippen LogP contribution in [0, 0.1) is 0 Å². The van der Waals surface area contributed by atoms with Crippen molar-refractivity contribution in [3.8, 4) is 0 Å². The summed E-state index contributed by atoms with van der Waals surface area (Å²) in [5.74, 6) is 0. The molecular formula is C47H55Cl4N9O6. The Balaban J connectivity index is 0.000000316. The Morgan fingerprint density at radius 2 is 0.894 bits per heavy atom. The van der Waals surface area contributed by atoms with Crippen molar-refractivity contribution in [2.24, 2.45) is 11.5 Å². The van der Waals surface area contributed by atoms with Crippen LogP contribution in [0.1, 0.15) is 67.7 Å². The zero-order chi connectivity index (χ0) is 48.5. The summed E-state index contributed by atoms with van der Waals surface area (Å²) in [6.07, 6.45) is -1.82. The van der Waals surface area contributed by atoms with Gasteiger partial charge in [-0.15, -0.1) is 0 Å². The highest BCUT2D eigenvalue weighted by Crippen LogP contribution is 2.28. The second-order valence-electron chi connectivity index (χ2n) is 15.6. The first-order chi connectivity index (χ1) is 31.3. The Bertz CT molecular complexity index is 2390. The third kappa shape index (κ3) is 16.9. The molecule has 0 aliphatic carbocycles. The van der Waals surface area contributed by atoms with E-state index in [0.29, 0.717) is 61.4 Å². The van der Waals surface area contributed by atoms with E-state index < -0.39 is 18.2 Å². The van der Waals surface area contributed by atoms with Crippen LogP contribution in [-0.2, 0) is 19.6 Å². The Hall–Kier alpha value is -5.78. The van der Waals surface area contributed by atoms with E-state index in [1.807, 2.05) is 39.8 Å². The quantitative estimate of drug-likeness (QED) is 0.0464. The summed E-state index contributed by atoms with van der Waals surface area (Å²) >= 11 is 23.9. The molecule has 0 aliphatic heterocycles. The fourth-order valence-electron chi connectivity index (χ4n) is 6.15. The zero-order valence-electron chi connectivity index (χ0n) is 36.8. The Morgan fingerprint density at radius 3 is 1.24 bits per heavy atom. The van der Waals surface area contributed by atoms with E-state index in [4.69, 9.17) is 57.9 Å². The Morgan fingerprint density at radius 1 is 0.530 bits per heavy atom. The molecule has 5 aromatic carbocycles. The van der Waals surface area contributed by atoms with Crippen molar-refractivity contribution in [2.45, 2.75) is 71.6 Å². The summed E-state index contributed by atoms with van der Waals surface area (Å²) in [7, 11) is 0. The topological polar surface area (TPSA) is 227 Å². The molecule has 66 heavy (non-hydrogen) atoms. The Labute approximate surface area is 404 Å². The number of rotatable bonds is 16. The molecule has 0 fully saturated rings. The summed E-state index contributed by atoms with van der Waals surface area (Å²) in [5, 5.41) is 36.4. The van der Waals surface area contributed by atoms with Crippen molar-refractivity contribution >= 4 is 87.6 Å². The summed E-state index contributed by atoms with van der Waals surface area (Å²) < 4.78 is 0. The maximum absolute atomic E-state index is 13.0. The number of benzene rings is 5. The van der Waals surface area contributed by atoms with Gasteiger partial charge in [0.1, 0.15) is 0 Å². The van der Waals surface area contributed by atoms with Gasteiger partial charge in [-0.3, -0.25) is 0 Å². The highest BCUT2D eigenvalue weighted by molar-refractivity contribution is 6.42. The largest absolute Gasteiger partial charge is 0.387 e. The summed E-state index contributed by atoms with van der Waals surface area (Å²) in [4.78, 5) is 51.7. The first-order valence-electron chi connectivity index (χ1n) is 20.8. The number of anilines is 3. The maximum Gasteiger partial charge on any atom is 0.322 e. The molecule has 0 saturated heterocycles. The predicted octanol–water partition coefficient (Wildman–Crippen LogP) is 9.89. The number of hydrogen-bond acceptors (Lipinski definition) is 7. The lowest BCUT2D eigenvalue weighted by Crippen LogP contribution is -2.42. The third-order valence-electron chi connectivity index (χ3n) is 9.94. The van der Waals surface area contributed by atoms with Gasteiger partial charge in [0.05, 0.1) is 45.4 Å². The first-order valence-corrected chi connectivity index (χ1v) is 22.3. The van der Waals surface area contributed by atoms with Crippen molar-refractivity contribution in [3.63, 3.8) is 0 Å². The van der Waals surface area contributed by atoms with Gasteiger partial charge in [0.25, 0.3) is 0 Å². The average molecular weight is 984 g/mol. The molecule has 0 aromatic heterocycles. The van der Waals surface area contributed by atoms with Gasteiger partial charge in [0, 0.05) is 48.8 Å². The van der Waals surface area contributed by atoms with E-state index in [1.165, 1.54) is 4.90 Å². The van der Waals surface area contributed by atoms with Crippen molar-refractivity contribution in [2.75, 3.05) is 29.0 Å². The second kappa shape index (κ2) is 25.8. The molecule has 0 spiro atoms. The monoisotopic (exact) mass is 981 g/mol. The number of hydrogen-bond donors (Lipinski definition) is 9. The molecule has 5 rings (SSSR count). The number of aliphatic hydroxyl groups excluding tert-OH is 2. The van der Waals surface area contributed by atoms with E-state index in [0.717, 1.165) is 16.7 Å². The second-order valence-corrected chi connectivity index (χ2v) is 17.2. The van der Waals surface area contributed by atoms with Crippen LogP contribution in [0.3, 0.4) is 0 Å². The van der Waals surface area contributed by atoms with Gasteiger partial charge in [-0.2, -0.15) is 0 Å². The maximum atomic E-state index is 13.0. The highest BCUT2D eigenvalue weighted by atomic mass is 35.5. The number of urea groups is 4. The molecule has 2 unspecified atom stereocenters. The van der Waals surface area contributed by atoms with Crippen LogP contribution in [0.25, 0.3) is 0 Å². The van der Waals surface area contributed by atoms with Gasteiger partial charge in [-0.05, 0) is 116 Å². The van der Waals surface area contributed by atoms with Gasteiger partial charge in [0.2, 0.25) is 0 Å². The molecule has 0 bridgehead atoms. The number of primary amides is 1. The van der Waals surface area contributed by atoms with Crippen molar-refractivity contribution in [1.82, 2.24) is 20.4 Å². The number of halogens is 4. The normalized spacial score (nSPS) is 11.7. The lowest BCUT2D eigenvalue weighted by Gasteiger charge is -2.29. The Kier molecular flexibility index (Phi) is 20.6. The number of carbonyl (C=O) groups excluding carboxylic acids is 4. The fraction of sp³-hybridized carbons (Fsp3) is 0.277. The van der Waals surface area contributed by atoms with Gasteiger partial charge in [-0.1, -0.05) is 94.9 Å². The van der Waals surface area contributed by atoms with E-state index in [-0.39, 0.29) is 49.8 Å². The molecule has 0 radical (unpaired) electrons. The van der Waals surface area contributed by atoms with E-state index in [1.54, 1.807) is 102 Å². The number of nitrogens with zero attached hydrogens (tertiary/aromatic N) is 2. The van der Waals surface area contributed by atoms with Crippen molar-refractivity contribution in [3.05, 3.63) is 157 Å². The van der Waals surface area contributed by atoms with Gasteiger partial charge in [-0.25, -0.2) is 19.2 Å². The van der Waals surface area contributed by atoms with E-state index >= 15 is 0 Å². The predicted molar refractivity (Wildman–Crippen MR) is 264 cm³/mol. The summed E-state index contributed by atoms with van der Waals surface area (Å²) in [5.41, 5.74) is 16.3. The highest BCUT2D eigenvalue weighted by Gasteiger charge is 2.24. The van der Waals surface area contributed by atoms with Crippen LogP contribution in [0.15, 0.2) is 109 Å². The smallest absolute Gasteiger partial charge is 0.322 e. The van der Waals surface area contributed by atoms with Gasteiger partial charge >= 0.3 is 24.1 Å². The minimum atomic E-state index is -0.945. The molecule has 5 aromatic rings.